The van der Waals surface area contributed by atoms with E-state index in [9.17, 15) is 9.59 Å². The zero-order valence-corrected chi connectivity index (χ0v) is 16.4. The van der Waals surface area contributed by atoms with Gasteiger partial charge in [-0.1, -0.05) is 30.2 Å². The number of anilines is 1. The van der Waals surface area contributed by atoms with Crippen LogP contribution in [0, 0.1) is 13.8 Å². The summed E-state index contributed by atoms with van der Waals surface area (Å²) < 4.78 is 1.81. The first-order valence-electron chi connectivity index (χ1n) is 9.63. The van der Waals surface area contributed by atoms with E-state index in [1.165, 1.54) is 5.56 Å². The first-order chi connectivity index (χ1) is 13.5. The van der Waals surface area contributed by atoms with E-state index in [0.717, 1.165) is 36.3 Å². The number of aryl methyl sites for hydroxylation is 2. The molecule has 0 saturated heterocycles. The van der Waals surface area contributed by atoms with Gasteiger partial charge in [-0.05, 0) is 51.0 Å². The summed E-state index contributed by atoms with van der Waals surface area (Å²) in [6.07, 6.45) is 4.83. The Labute approximate surface area is 165 Å². The molecule has 6 nitrogen and oxygen atoms in total. The van der Waals surface area contributed by atoms with E-state index in [0.29, 0.717) is 18.7 Å². The van der Waals surface area contributed by atoms with Gasteiger partial charge in [0.15, 0.2) is 0 Å². The summed E-state index contributed by atoms with van der Waals surface area (Å²) in [5, 5.41) is 5.85. The van der Waals surface area contributed by atoms with E-state index < -0.39 is 0 Å². The number of hydrogen-bond acceptors (Lipinski definition) is 3. The van der Waals surface area contributed by atoms with Gasteiger partial charge in [0.25, 0.3) is 5.91 Å². The topological polar surface area (TPSA) is 75.5 Å². The molecule has 0 radical (unpaired) electrons. The number of carbonyl (C=O) groups excluding carboxylic acids is 2. The minimum absolute atomic E-state index is 0.0224. The number of pyridine rings is 1. The number of amides is 2. The fourth-order valence-corrected chi connectivity index (χ4v) is 3.12. The quantitative estimate of drug-likeness (QED) is 0.584. The van der Waals surface area contributed by atoms with Crippen molar-refractivity contribution < 1.29 is 9.59 Å². The molecule has 3 aromatic rings. The van der Waals surface area contributed by atoms with Gasteiger partial charge in [0.05, 0.1) is 5.69 Å². The summed E-state index contributed by atoms with van der Waals surface area (Å²) in [4.78, 5) is 28.8. The molecule has 0 bridgehead atoms. The highest BCUT2D eigenvalue weighted by atomic mass is 16.2. The lowest BCUT2D eigenvalue weighted by Crippen LogP contribution is -2.26. The molecule has 2 N–H and O–H groups in total. The molecule has 146 valence electrons. The van der Waals surface area contributed by atoms with E-state index in [-0.39, 0.29) is 11.8 Å². The second-order valence-corrected chi connectivity index (χ2v) is 6.96. The number of aromatic nitrogens is 2. The Morgan fingerprint density at radius 1 is 1.00 bits per heavy atom. The van der Waals surface area contributed by atoms with Gasteiger partial charge < -0.3 is 10.6 Å². The summed E-state index contributed by atoms with van der Waals surface area (Å²) >= 11 is 0. The first kappa shape index (κ1) is 19.6. The molecule has 28 heavy (non-hydrogen) atoms. The molecular formula is C22H26N4O2. The SMILES string of the molecule is Cc1ccc(NC(=O)CCCCCNC(=O)c2c(C)nc3ccccn23)cc1. The van der Waals surface area contributed by atoms with Crippen molar-refractivity contribution in [3.8, 4) is 0 Å². The maximum Gasteiger partial charge on any atom is 0.270 e. The summed E-state index contributed by atoms with van der Waals surface area (Å²) in [6.45, 7) is 4.44. The molecule has 0 fully saturated rings. The van der Waals surface area contributed by atoms with Crippen LogP contribution in [0.2, 0.25) is 0 Å². The highest BCUT2D eigenvalue weighted by molar-refractivity contribution is 5.94. The Kier molecular flexibility index (Phi) is 6.42. The van der Waals surface area contributed by atoms with Crippen molar-refractivity contribution in [2.45, 2.75) is 39.5 Å². The third kappa shape index (κ3) is 4.97. The molecule has 0 spiro atoms. The zero-order chi connectivity index (χ0) is 19.9. The molecule has 0 saturated carbocycles. The van der Waals surface area contributed by atoms with E-state index >= 15 is 0 Å². The van der Waals surface area contributed by atoms with Crippen LogP contribution >= 0.6 is 0 Å². The summed E-state index contributed by atoms with van der Waals surface area (Å²) in [5.74, 6) is -0.0949. The number of benzene rings is 1. The van der Waals surface area contributed by atoms with Gasteiger partial charge in [0.2, 0.25) is 5.91 Å². The Morgan fingerprint density at radius 3 is 2.57 bits per heavy atom. The molecule has 0 aliphatic rings. The highest BCUT2D eigenvalue weighted by Gasteiger charge is 2.15. The van der Waals surface area contributed by atoms with Crippen molar-refractivity contribution in [1.29, 1.82) is 0 Å². The van der Waals surface area contributed by atoms with Gasteiger partial charge >= 0.3 is 0 Å². The van der Waals surface area contributed by atoms with Crippen LogP contribution in [0.4, 0.5) is 5.69 Å². The Bertz CT molecular complexity index is 960. The molecule has 2 amide bonds. The molecule has 2 aromatic heterocycles. The molecular weight excluding hydrogens is 352 g/mol. The van der Waals surface area contributed by atoms with E-state index in [1.54, 1.807) is 4.40 Å². The second kappa shape index (κ2) is 9.17. The van der Waals surface area contributed by atoms with Crippen LogP contribution in [0.3, 0.4) is 0 Å². The third-order valence-electron chi connectivity index (χ3n) is 4.62. The second-order valence-electron chi connectivity index (χ2n) is 6.96. The standard InChI is InChI=1S/C22H26N4O2/c1-16-10-12-18(13-11-16)25-20(27)9-4-3-6-14-23-22(28)21-17(2)24-19-8-5-7-15-26(19)21/h5,7-8,10-13,15H,3-4,6,9,14H2,1-2H3,(H,23,28)(H,25,27). The van der Waals surface area contributed by atoms with Crippen molar-refractivity contribution in [2.75, 3.05) is 11.9 Å². The van der Waals surface area contributed by atoms with Crippen LogP contribution in [0.5, 0.6) is 0 Å². The Morgan fingerprint density at radius 2 is 1.79 bits per heavy atom. The third-order valence-corrected chi connectivity index (χ3v) is 4.62. The van der Waals surface area contributed by atoms with Crippen molar-refractivity contribution in [1.82, 2.24) is 14.7 Å². The molecule has 0 unspecified atom stereocenters. The summed E-state index contributed by atoms with van der Waals surface area (Å²) in [7, 11) is 0. The number of nitrogens with one attached hydrogen (secondary N) is 2. The maximum absolute atomic E-state index is 12.5. The summed E-state index contributed by atoms with van der Waals surface area (Å²) in [6, 6.07) is 13.4. The fourth-order valence-electron chi connectivity index (χ4n) is 3.12. The predicted molar refractivity (Wildman–Crippen MR) is 111 cm³/mol. The van der Waals surface area contributed by atoms with E-state index in [4.69, 9.17) is 0 Å². The minimum Gasteiger partial charge on any atom is -0.351 e. The van der Waals surface area contributed by atoms with Gasteiger partial charge in [-0.25, -0.2) is 4.98 Å². The molecule has 6 heteroatoms. The lowest BCUT2D eigenvalue weighted by molar-refractivity contribution is -0.116. The van der Waals surface area contributed by atoms with Crippen LogP contribution in [-0.4, -0.2) is 27.7 Å². The number of carbonyl (C=O) groups is 2. The number of imidazole rings is 1. The lowest BCUT2D eigenvalue weighted by Gasteiger charge is -2.07. The Hall–Kier alpha value is -3.15. The molecule has 1 aromatic carbocycles. The normalized spacial score (nSPS) is 10.8. The molecule has 0 atom stereocenters. The van der Waals surface area contributed by atoms with Crippen LogP contribution in [0.15, 0.2) is 48.7 Å². The zero-order valence-electron chi connectivity index (χ0n) is 16.4. The average molecular weight is 378 g/mol. The van der Waals surface area contributed by atoms with Gasteiger partial charge in [-0.3, -0.25) is 14.0 Å². The van der Waals surface area contributed by atoms with Crippen molar-refractivity contribution in [3.05, 3.63) is 65.6 Å². The van der Waals surface area contributed by atoms with E-state index in [2.05, 4.69) is 15.6 Å². The predicted octanol–water partition coefficient (Wildman–Crippen LogP) is 3.88. The maximum atomic E-state index is 12.5. The van der Waals surface area contributed by atoms with Gasteiger partial charge in [0.1, 0.15) is 11.3 Å². The molecule has 2 heterocycles. The van der Waals surface area contributed by atoms with Gasteiger partial charge in [0, 0.05) is 24.8 Å². The first-order valence-corrected chi connectivity index (χ1v) is 9.63. The van der Waals surface area contributed by atoms with Crippen LogP contribution in [0.25, 0.3) is 5.65 Å². The van der Waals surface area contributed by atoms with Crippen LogP contribution in [0.1, 0.15) is 47.4 Å². The number of fused-ring (bicyclic) bond motifs is 1. The molecule has 0 aliphatic carbocycles. The largest absolute Gasteiger partial charge is 0.351 e. The van der Waals surface area contributed by atoms with Crippen LogP contribution < -0.4 is 10.6 Å². The van der Waals surface area contributed by atoms with Crippen molar-refractivity contribution in [3.63, 3.8) is 0 Å². The van der Waals surface area contributed by atoms with Crippen LogP contribution in [-0.2, 0) is 4.79 Å². The smallest absolute Gasteiger partial charge is 0.270 e. The minimum atomic E-state index is -0.117. The Balaban J connectivity index is 1.36. The number of unbranched alkanes of at least 4 members (excludes halogenated alkanes) is 2. The average Bonchev–Trinajstić information content (AvgIpc) is 3.02. The van der Waals surface area contributed by atoms with Gasteiger partial charge in [-0.2, -0.15) is 0 Å². The molecule has 3 rings (SSSR count). The van der Waals surface area contributed by atoms with E-state index in [1.807, 2.05) is 62.5 Å². The number of hydrogen-bond donors (Lipinski definition) is 2. The lowest BCUT2D eigenvalue weighted by atomic mass is 10.1. The van der Waals surface area contributed by atoms with Gasteiger partial charge in [-0.15, -0.1) is 0 Å². The fraction of sp³-hybridized carbons (Fsp3) is 0.318. The number of rotatable bonds is 8. The summed E-state index contributed by atoms with van der Waals surface area (Å²) in [5.41, 5.74) is 4.06. The molecule has 0 aliphatic heterocycles. The number of nitrogens with zero attached hydrogens (tertiary/aromatic N) is 2. The van der Waals surface area contributed by atoms with Crippen molar-refractivity contribution >= 4 is 23.1 Å². The van der Waals surface area contributed by atoms with Crippen molar-refractivity contribution in [2.24, 2.45) is 0 Å². The highest BCUT2D eigenvalue weighted by Crippen LogP contribution is 2.12. The monoisotopic (exact) mass is 378 g/mol.